The number of aliphatic carboxylic acids is 1. The molecule has 0 bridgehead atoms. The first kappa shape index (κ1) is 33.4. The molecule has 3 aromatic rings. The highest BCUT2D eigenvalue weighted by molar-refractivity contribution is 5.89. The molecule has 0 amide bonds. The molecule has 0 fully saturated rings. The molecule has 2 atom stereocenters. The third kappa shape index (κ3) is 10.3. The molecule has 0 saturated heterocycles. The fourth-order valence-corrected chi connectivity index (χ4v) is 4.60. The summed E-state index contributed by atoms with van der Waals surface area (Å²) in [6.07, 6.45) is -0.538. The molecule has 0 heterocycles. The van der Waals surface area contributed by atoms with Crippen LogP contribution in [0.3, 0.4) is 0 Å². The minimum absolute atomic E-state index is 0.0330. The fraction of sp³-hybridized carbons (Fsp3) is 0.353. The monoisotopic (exact) mass is 561 g/mol. The van der Waals surface area contributed by atoms with Gasteiger partial charge in [-0.25, -0.2) is 9.59 Å². The van der Waals surface area contributed by atoms with E-state index in [1.54, 1.807) is 49.4 Å². The number of hydrogen-bond donors (Lipinski definition) is 3. The second kappa shape index (κ2) is 16.5. The van der Waals surface area contributed by atoms with Crippen LogP contribution in [0.1, 0.15) is 75.3 Å². The Kier molecular flexibility index (Phi) is 13.4. The molecule has 0 saturated carbocycles. The first-order valence-electron chi connectivity index (χ1n) is 13.8. The Morgan fingerprint density at radius 1 is 0.878 bits per heavy atom. The molecule has 0 aliphatic heterocycles. The van der Waals surface area contributed by atoms with E-state index in [0.717, 1.165) is 29.7 Å². The Hall–Kier alpha value is -3.78. The molecule has 0 aliphatic rings. The van der Waals surface area contributed by atoms with Crippen LogP contribution in [0.5, 0.6) is 5.75 Å². The summed E-state index contributed by atoms with van der Waals surface area (Å²) in [6, 6.07) is 24.9. The van der Waals surface area contributed by atoms with Gasteiger partial charge in [-0.15, -0.1) is 0 Å². The first-order valence-corrected chi connectivity index (χ1v) is 13.8. The molecule has 220 valence electrons. The second-order valence-electron chi connectivity index (χ2n) is 10.5. The molecule has 0 aliphatic carbocycles. The van der Waals surface area contributed by atoms with Gasteiger partial charge in [-0.1, -0.05) is 73.3 Å². The van der Waals surface area contributed by atoms with Crippen molar-refractivity contribution in [3.8, 4) is 5.75 Å². The zero-order valence-corrected chi connectivity index (χ0v) is 24.7. The van der Waals surface area contributed by atoms with Crippen molar-refractivity contribution >= 4 is 11.9 Å². The SMILES string of the molecule is C=C(C)C(=O)Oc1ccc(CO)cc1[C@H](CCN(C(C)C)C(C)C)c1ccccc1.O=C(O)C(O)c1ccccc1. The van der Waals surface area contributed by atoms with Crippen molar-refractivity contribution in [1.82, 2.24) is 4.90 Å². The number of aliphatic hydroxyl groups is 2. The average molecular weight is 562 g/mol. The molecule has 3 aromatic carbocycles. The van der Waals surface area contributed by atoms with Crippen molar-refractivity contribution in [3.05, 3.63) is 113 Å². The van der Waals surface area contributed by atoms with Crippen LogP contribution in [-0.4, -0.2) is 50.8 Å². The van der Waals surface area contributed by atoms with Crippen molar-refractivity contribution in [2.75, 3.05) is 6.54 Å². The lowest BCUT2D eigenvalue weighted by atomic mass is 9.86. The number of benzene rings is 3. The van der Waals surface area contributed by atoms with E-state index in [-0.39, 0.29) is 12.5 Å². The highest BCUT2D eigenvalue weighted by Gasteiger charge is 2.23. The van der Waals surface area contributed by atoms with Crippen LogP contribution < -0.4 is 4.74 Å². The van der Waals surface area contributed by atoms with E-state index in [1.807, 2.05) is 24.3 Å². The fourth-order valence-electron chi connectivity index (χ4n) is 4.60. The first-order chi connectivity index (χ1) is 19.5. The van der Waals surface area contributed by atoms with E-state index in [2.05, 4.69) is 51.3 Å². The smallest absolute Gasteiger partial charge is 0.338 e. The highest BCUT2D eigenvalue weighted by Crippen LogP contribution is 2.36. The molecule has 7 nitrogen and oxygen atoms in total. The predicted octanol–water partition coefficient (Wildman–Crippen LogP) is 6.11. The summed E-state index contributed by atoms with van der Waals surface area (Å²) < 4.78 is 5.68. The quantitative estimate of drug-likeness (QED) is 0.139. The van der Waals surface area contributed by atoms with E-state index in [4.69, 9.17) is 14.9 Å². The van der Waals surface area contributed by atoms with Crippen LogP contribution in [-0.2, 0) is 16.2 Å². The minimum atomic E-state index is -1.41. The van der Waals surface area contributed by atoms with E-state index in [9.17, 15) is 14.7 Å². The van der Waals surface area contributed by atoms with Gasteiger partial charge in [0, 0.05) is 29.1 Å². The Morgan fingerprint density at radius 3 is 1.88 bits per heavy atom. The number of carbonyl (C=O) groups excluding carboxylic acids is 1. The molecule has 1 unspecified atom stereocenters. The third-order valence-electron chi connectivity index (χ3n) is 6.74. The number of ether oxygens (including phenoxy) is 1. The minimum Gasteiger partial charge on any atom is -0.479 e. The predicted molar refractivity (Wildman–Crippen MR) is 162 cm³/mol. The number of carboxylic acids is 1. The zero-order chi connectivity index (χ0) is 30.5. The number of carboxylic acid groups (broad SMARTS) is 1. The van der Waals surface area contributed by atoms with Crippen molar-refractivity contribution in [3.63, 3.8) is 0 Å². The maximum atomic E-state index is 12.2. The largest absolute Gasteiger partial charge is 0.479 e. The van der Waals surface area contributed by atoms with Crippen LogP contribution in [0, 0.1) is 0 Å². The summed E-state index contributed by atoms with van der Waals surface area (Å²) in [5.41, 5.74) is 3.63. The number of rotatable bonds is 12. The average Bonchev–Trinajstić information content (AvgIpc) is 2.96. The van der Waals surface area contributed by atoms with E-state index in [1.165, 1.54) is 0 Å². The normalized spacial score (nSPS) is 12.4. The van der Waals surface area contributed by atoms with Crippen molar-refractivity contribution < 1.29 is 29.6 Å². The van der Waals surface area contributed by atoms with Gasteiger partial charge in [0.2, 0.25) is 0 Å². The van der Waals surface area contributed by atoms with Gasteiger partial charge < -0.3 is 20.1 Å². The van der Waals surface area contributed by atoms with Crippen molar-refractivity contribution in [2.24, 2.45) is 0 Å². The molecular weight excluding hydrogens is 518 g/mol. The summed E-state index contributed by atoms with van der Waals surface area (Å²) in [5.74, 6) is -1.11. The number of esters is 1. The molecular formula is C34H43NO6. The molecule has 3 N–H and O–H groups in total. The summed E-state index contributed by atoms with van der Waals surface area (Å²) >= 11 is 0. The lowest BCUT2D eigenvalue weighted by molar-refractivity contribution is -0.147. The molecule has 0 radical (unpaired) electrons. The highest BCUT2D eigenvalue weighted by atomic mass is 16.5. The maximum Gasteiger partial charge on any atom is 0.338 e. The van der Waals surface area contributed by atoms with E-state index in [0.29, 0.717) is 29.0 Å². The topological polar surface area (TPSA) is 107 Å². The van der Waals surface area contributed by atoms with Crippen LogP contribution >= 0.6 is 0 Å². The van der Waals surface area contributed by atoms with Gasteiger partial charge in [-0.05, 0) is 76.4 Å². The van der Waals surface area contributed by atoms with Gasteiger partial charge >= 0.3 is 11.9 Å². The molecule has 0 aromatic heterocycles. The lowest BCUT2D eigenvalue weighted by Crippen LogP contribution is -2.38. The zero-order valence-electron chi connectivity index (χ0n) is 24.7. The van der Waals surface area contributed by atoms with Gasteiger partial charge in [0.25, 0.3) is 0 Å². The van der Waals surface area contributed by atoms with Crippen molar-refractivity contribution in [2.45, 2.75) is 71.8 Å². The lowest BCUT2D eigenvalue weighted by Gasteiger charge is -2.32. The van der Waals surface area contributed by atoms with Gasteiger partial charge in [-0.3, -0.25) is 4.90 Å². The van der Waals surface area contributed by atoms with E-state index < -0.39 is 18.0 Å². The summed E-state index contributed by atoms with van der Waals surface area (Å²) in [4.78, 5) is 25.0. The number of nitrogens with zero attached hydrogens (tertiary/aromatic N) is 1. The Labute approximate surface area is 243 Å². The molecule has 41 heavy (non-hydrogen) atoms. The van der Waals surface area contributed by atoms with Gasteiger partial charge in [-0.2, -0.15) is 0 Å². The molecule has 3 rings (SSSR count). The van der Waals surface area contributed by atoms with Crippen LogP contribution in [0.25, 0.3) is 0 Å². The molecule has 7 heteroatoms. The third-order valence-corrected chi connectivity index (χ3v) is 6.74. The number of hydrogen-bond acceptors (Lipinski definition) is 6. The van der Waals surface area contributed by atoms with Gasteiger partial charge in [0.05, 0.1) is 6.61 Å². The second-order valence-corrected chi connectivity index (χ2v) is 10.5. The van der Waals surface area contributed by atoms with Gasteiger partial charge in [0.15, 0.2) is 6.10 Å². The standard InChI is InChI=1S/C26H35NO3.C8H8O3/c1-18(2)26(29)30-25-13-12-21(17-28)16-24(25)23(22-10-8-7-9-11-22)14-15-27(19(3)4)20(5)6;9-7(8(10)11)6-4-2-1-3-5-6/h7-13,16,19-20,23,28H,1,14-15,17H2,2-6H3;1-5,7,9H,(H,10,11)/t23-;/m1./s1. The summed E-state index contributed by atoms with van der Waals surface area (Å²) in [5, 5.41) is 27.1. The van der Waals surface area contributed by atoms with Crippen LogP contribution in [0.4, 0.5) is 0 Å². The Bertz CT molecular complexity index is 1250. The Balaban J connectivity index is 0.000000446. The maximum absolute atomic E-state index is 12.2. The molecule has 0 spiro atoms. The number of carbonyl (C=O) groups is 2. The van der Waals surface area contributed by atoms with Crippen LogP contribution in [0.15, 0.2) is 91.0 Å². The summed E-state index contributed by atoms with van der Waals surface area (Å²) in [7, 11) is 0. The van der Waals surface area contributed by atoms with Crippen LogP contribution in [0.2, 0.25) is 0 Å². The number of aliphatic hydroxyl groups excluding tert-OH is 2. The van der Waals surface area contributed by atoms with E-state index >= 15 is 0 Å². The Morgan fingerprint density at radius 2 is 1.41 bits per heavy atom. The summed E-state index contributed by atoms with van der Waals surface area (Å²) in [6.45, 7) is 15.0. The van der Waals surface area contributed by atoms with Crippen molar-refractivity contribution in [1.29, 1.82) is 0 Å². The van der Waals surface area contributed by atoms with Gasteiger partial charge in [0.1, 0.15) is 5.75 Å².